The number of aromatic nitrogens is 3. The zero-order chi connectivity index (χ0) is 31.8. The summed E-state index contributed by atoms with van der Waals surface area (Å²) in [5.74, 6) is 0.626. The largest absolute Gasteiger partial charge is 0.378 e. The number of carbonyl (C=O) groups excluding carboxylic acids is 1. The number of halogens is 1. The van der Waals surface area contributed by atoms with Crippen LogP contribution in [0.25, 0.3) is 27.8 Å². The molecule has 0 unspecified atom stereocenters. The number of pyridine rings is 2. The third-order valence-electron chi connectivity index (χ3n) is 9.64. The predicted molar refractivity (Wildman–Crippen MR) is 178 cm³/mol. The van der Waals surface area contributed by atoms with Crippen molar-refractivity contribution in [2.45, 2.75) is 77.2 Å². The number of piperidine rings is 1. The Bertz CT molecular complexity index is 1790. The van der Waals surface area contributed by atoms with Gasteiger partial charge in [-0.1, -0.05) is 26.3 Å². The van der Waals surface area contributed by atoms with Crippen LogP contribution in [0.3, 0.4) is 0 Å². The van der Waals surface area contributed by atoms with E-state index < -0.39 is 5.82 Å². The van der Waals surface area contributed by atoms with Crippen molar-refractivity contribution in [1.82, 2.24) is 24.3 Å². The molecule has 2 aliphatic heterocycles. The molecular weight excluding hydrogens is 581 g/mol. The van der Waals surface area contributed by atoms with Gasteiger partial charge in [-0.25, -0.2) is 9.37 Å². The van der Waals surface area contributed by atoms with E-state index in [-0.39, 0.29) is 11.5 Å². The molecule has 0 spiro atoms. The molecule has 3 aromatic heterocycles. The number of benzene rings is 1. The van der Waals surface area contributed by atoms with Crippen LogP contribution in [0.2, 0.25) is 0 Å². The molecule has 8 nitrogen and oxygen atoms in total. The van der Waals surface area contributed by atoms with Gasteiger partial charge in [0.05, 0.1) is 18.8 Å². The summed E-state index contributed by atoms with van der Waals surface area (Å²) < 4.78 is 21.7. The summed E-state index contributed by atoms with van der Waals surface area (Å²) in [6, 6.07) is 10.5. The zero-order valence-electron chi connectivity index (χ0n) is 27.0. The van der Waals surface area contributed by atoms with Crippen molar-refractivity contribution in [3.8, 4) is 16.9 Å². The Morgan fingerprint density at radius 2 is 1.70 bits per heavy atom. The van der Waals surface area contributed by atoms with Gasteiger partial charge in [0.25, 0.3) is 11.5 Å². The van der Waals surface area contributed by atoms with E-state index in [0.29, 0.717) is 60.6 Å². The highest BCUT2D eigenvalue weighted by Crippen LogP contribution is 2.44. The minimum atomic E-state index is -0.454. The van der Waals surface area contributed by atoms with E-state index in [1.54, 1.807) is 15.5 Å². The van der Waals surface area contributed by atoms with E-state index in [2.05, 4.69) is 16.0 Å². The third kappa shape index (κ3) is 6.27. The van der Waals surface area contributed by atoms with Crippen LogP contribution in [0.15, 0.2) is 47.4 Å². The van der Waals surface area contributed by atoms with E-state index in [4.69, 9.17) is 9.72 Å². The monoisotopic (exact) mass is 625 g/mol. The molecule has 8 rings (SSSR count). The molecule has 46 heavy (non-hydrogen) atoms. The number of amides is 1. The van der Waals surface area contributed by atoms with Gasteiger partial charge < -0.3 is 14.6 Å². The van der Waals surface area contributed by atoms with Gasteiger partial charge in [0.2, 0.25) is 0 Å². The van der Waals surface area contributed by atoms with Gasteiger partial charge in [0.15, 0.2) is 0 Å². The van der Waals surface area contributed by atoms with E-state index in [1.165, 1.54) is 37.0 Å². The lowest BCUT2D eigenvalue weighted by atomic mass is 9.97. The van der Waals surface area contributed by atoms with Crippen LogP contribution in [0, 0.1) is 5.82 Å². The van der Waals surface area contributed by atoms with E-state index in [1.807, 2.05) is 32.2 Å². The lowest BCUT2D eigenvalue weighted by Crippen LogP contribution is -2.40. The van der Waals surface area contributed by atoms with Crippen molar-refractivity contribution in [3.63, 3.8) is 0 Å². The fourth-order valence-corrected chi connectivity index (χ4v) is 6.91. The van der Waals surface area contributed by atoms with Crippen LogP contribution in [-0.4, -0.2) is 69.6 Å². The Labute approximate surface area is 269 Å². The smallest absolute Gasteiger partial charge is 0.280 e. The van der Waals surface area contributed by atoms with Gasteiger partial charge in [0, 0.05) is 48.5 Å². The van der Waals surface area contributed by atoms with Crippen LogP contribution >= 0.6 is 0 Å². The average molecular weight is 626 g/mol. The van der Waals surface area contributed by atoms with E-state index in [0.717, 1.165) is 67.7 Å². The molecule has 2 aliphatic carbocycles. The number of morpholine rings is 1. The van der Waals surface area contributed by atoms with Gasteiger partial charge in [0.1, 0.15) is 17.2 Å². The Morgan fingerprint density at radius 3 is 2.41 bits per heavy atom. The number of hydrogen-bond acceptors (Lipinski definition) is 5. The highest BCUT2D eigenvalue weighted by atomic mass is 19.1. The Kier molecular flexibility index (Phi) is 8.79. The average Bonchev–Trinajstić information content (AvgIpc) is 4.04. The molecule has 4 aliphatic rings. The summed E-state index contributed by atoms with van der Waals surface area (Å²) in [5, 5.41) is 1.02. The Balaban J connectivity index is 0.00000166. The van der Waals surface area contributed by atoms with Crippen molar-refractivity contribution in [2.24, 2.45) is 0 Å². The zero-order valence-corrected chi connectivity index (χ0v) is 27.0. The standard InChI is InChI=1S/C35H38FN5O3.C2H6/c36-25-8-9-27(29(18-25)34(42)40-12-14-44-15-13-40)24-16-31(23-6-7-23)38-32(17-24)41-21-30(22-4-5-22)28-19-26(37-33(28)35(41)43)20-39-10-2-1-3-11-39;1-2/h8-9,16-19,21-23,37H,1-7,10-15,20H2;1-2H3. The highest BCUT2D eigenvalue weighted by Gasteiger charge is 2.31. The van der Waals surface area contributed by atoms with Crippen molar-refractivity contribution in [1.29, 1.82) is 0 Å². The molecule has 0 radical (unpaired) electrons. The summed E-state index contributed by atoms with van der Waals surface area (Å²) in [6.45, 7) is 8.88. The van der Waals surface area contributed by atoms with Crippen LogP contribution in [0.4, 0.5) is 4.39 Å². The minimum Gasteiger partial charge on any atom is -0.378 e. The maximum Gasteiger partial charge on any atom is 0.280 e. The number of H-pyrrole nitrogens is 1. The molecule has 0 bridgehead atoms. The first-order chi connectivity index (χ1) is 22.5. The second kappa shape index (κ2) is 13.1. The second-order valence-electron chi connectivity index (χ2n) is 13.0. The molecule has 2 saturated heterocycles. The van der Waals surface area contributed by atoms with Gasteiger partial charge in [-0.05, 0) is 105 Å². The SMILES string of the molecule is CC.O=C(c1cc(F)ccc1-c1cc(C2CC2)nc(-n2cc(C3CC3)c3cc(CN4CCCCC4)[nH]c3c2=O)c1)N1CCOCC1. The van der Waals surface area contributed by atoms with Crippen molar-refractivity contribution < 1.29 is 13.9 Å². The summed E-state index contributed by atoms with van der Waals surface area (Å²) >= 11 is 0. The number of likely N-dealkylation sites (tertiary alicyclic amines) is 1. The van der Waals surface area contributed by atoms with Gasteiger partial charge in [-0.15, -0.1) is 0 Å². The summed E-state index contributed by atoms with van der Waals surface area (Å²) in [4.78, 5) is 40.5. The number of rotatable bonds is 7. The number of nitrogens with zero attached hydrogens (tertiary/aromatic N) is 4. The quantitative estimate of drug-likeness (QED) is 0.246. The number of hydrogen-bond donors (Lipinski definition) is 1. The minimum absolute atomic E-state index is 0.121. The van der Waals surface area contributed by atoms with Crippen molar-refractivity contribution >= 4 is 16.8 Å². The topological polar surface area (TPSA) is 83.5 Å². The van der Waals surface area contributed by atoms with Gasteiger partial charge in [-0.3, -0.25) is 19.1 Å². The third-order valence-corrected chi connectivity index (χ3v) is 9.64. The first-order valence-electron chi connectivity index (χ1n) is 17.2. The molecule has 4 fully saturated rings. The van der Waals surface area contributed by atoms with Crippen LogP contribution in [0.1, 0.15) is 97.9 Å². The molecule has 5 heterocycles. The van der Waals surface area contributed by atoms with Gasteiger partial charge in [-0.2, -0.15) is 0 Å². The van der Waals surface area contributed by atoms with Crippen LogP contribution < -0.4 is 5.56 Å². The maximum absolute atomic E-state index is 14.6. The number of nitrogens with one attached hydrogen (secondary N) is 1. The molecule has 2 saturated carbocycles. The van der Waals surface area contributed by atoms with Crippen molar-refractivity contribution in [2.75, 3.05) is 39.4 Å². The molecule has 242 valence electrons. The van der Waals surface area contributed by atoms with Crippen LogP contribution in [0.5, 0.6) is 0 Å². The van der Waals surface area contributed by atoms with Gasteiger partial charge >= 0.3 is 0 Å². The lowest BCUT2D eigenvalue weighted by molar-refractivity contribution is 0.0303. The molecule has 0 atom stereocenters. The summed E-state index contributed by atoms with van der Waals surface area (Å²) in [5.41, 5.74) is 5.42. The fourth-order valence-electron chi connectivity index (χ4n) is 6.91. The first kappa shape index (κ1) is 30.8. The Hall–Kier alpha value is -3.82. The predicted octanol–water partition coefficient (Wildman–Crippen LogP) is 6.76. The molecule has 9 heteroatoms. The molecule has 4 aromatic rings. The summed E-state index contributed by atoms with van der Waals surface area (Å²) in [7, 11) is 0. The van der Waals surface area contributed by atoms with Crippen LogP contribution in [-0.2, 0) is 11.3 Å². The number of fused-ring (bicyclic) bond motifs is 1. The molecule has 1 N–H and O–H groups in total. The highest BCUT2D eigenvalue weighted by molar-refractivity contribution is 6.01. The lowest BCUT2D eigenvalue weighted by Gasteiger charge is -2.27. The second-order valence-corrected chi connectivity index (χ2v) is 13.0. The first-order valence-corrected chi connectivity index (χ1v) is 17.2. The number of carbonyl (C=O) groups is 1. The fraction of sp³-hybridized carbons (Fsp3) is 0.486. The maximum atomic E-state index is 14.6. The summed E-state index contributed by atoms with van der Waals surface area (Å²) in [6.07, 6.45) is 10.0. The van der Waals surface area contributed by atoms with E-state index in [9.17, 15) is 14.0 Å². The van der Waals surface area contributed by atoms with Crippen molar-refractivity contribution in [3.05, 3.63) is 81.3 Å². The normalized spacial score (nSPS) is 18.8. The Morgan fingerprint density at radius 1 is 0.957 bits per heavy atom. The number of aromatic amines is 1. The molecular formula is C37H44FN5O3. The van der Waals surface area contributed by atoms with E-state index >= 15 is 0 Å². The number of ether oxygens (including phenoxy) is 1. The molecule has 1 aromatic carbocycles. The molecule has 1 amide bonds.